The van der Waals surface area contributed by atoms with Crippen molar-refractivity contribution in [3.05, 3.63) is 161 Å². The van der Waals surface area contributed by atoms with E-state index in [1.165, 1.54) is 0 Å². The van der Waals surface area contributed by atoms with Crippen molar-refractivity contribution >= 4 is 51.2 Å². The van der Waals surface area contributed by atoms with Crippen molar-refractivity contribution in [2.75, 3.05) is 16.4 Å². The number of anilines is 3. The lowest BCUT2D eigenvalue weighted by molar-refractivity contribution is -0.139. The van der Waals surface area contributed by atoms with E-state index in [2.05, 4.69) is 10.3 Å². The molecule has 0 saturated carbocycles. The van der Waals surface area contributed by atoms with Crippen molar-refractivity contribution in [3.63, 3.8) is 0 Å². The molecule has 0 spiro atoms. The fourth-order valence-electron chi connectivity index (χ4n) is 7.51. The number of hydrogen-bond donors (Lipinski definition) is 2. The molecule has 3 atom stereocenters. The number of aliphatic hydroxyl groups excluding tert-OH is 1. The Bertz CT molecular complexity index is 2350. The molecule has 8 rings (SSSR count). The van der Waals surface area contributed by atoms with Gasteiger partial charge in [-0.15, -0.1) is 5.10 Å². The van der Waals surface area contributed by atoms with Gasteiger partial charge in [-0.2, -0.15) is 0 Å². The zero-order valence-corrected chi connectivity index (χ0v) is 29.2. The molecule has 2 aliphatic rings. The summed E-state index contributed by atoms with van der Waals surface area (Å²) in [6.45, 7) is 2.45. The molecule has 1 unspecified atom stereocenters. The molecule has 0 bridgehead atoms. The highest BCUT2D eigenvalue weighted by Crippen LogP contribution is 2.47. The van der Waals surface area contributed by atoms with Gasteiger partial charge in [0.1, 0.15) is 0 Å². The standard InChI is InChI=1S/C42H36ClN5O4/c1-27(10-5-6-21-46-25-36(44-45-46)34(26-49)29-12-3-2-4-13-29)42(52)35-23-31(43)19-20-37(35)47(41(42)51)24-28-11-7-16-32(22-28)48-38-18-9-15-30-14-8-17-33(39(30)38)40(48)50/h2-5,7-20,22-23,25,27,34,49,52H,6,21,24,26H2,1H3/b10-5+/t27-,34?,42+/m0/s1. The van der Waals surface area contributed by atoms with Crippen LogP contribution < -0.4 is 9.80 Å². The number of benzene rings is 5. The molecule has 2 aliphatic heterocycles. The van der Waals surface area contributed by atoms with Gasteiger partial charge >= 0.3 is 0 Å². The average Bonchev–Trinajstić information content (AvgIpc) is 3.81. The summed E-state index contributed by atoms with van der Waals surface area (Å²) < 4.78 is 1.73. The first kappa shape index (κ1) is 33.5. The molecule has 0 fully saturated rings. The number of hydrogen-bond acceptors (Lipinski definition) is 6. The first-order valence-electron chi connectivity index (χ1n) is 17.3. The van der Waals surface area contributed by atoms with Crippen LogP contribution in [0.2, 0.25) is 5.02 Å². The number of allylic oxidation sites excluding steroid dienone is 1. The highest BCUT2D eigenvalue weighted by molar-refractivity contribution is 6.31. The van der Waals surface area contributed by atoms with Crippen molar-refractivity contribution in [2.24, 2.45) is 5.92 Å². The number of nitrogens with zero attached hydrogens (tertiary/aromatic N) is 5. The summed E-state index contributed by atoms with van der Waals surface area (Å²) in [7, 11) is 0. The predicted octanol–water partition coefficient (Wildman–Crippen LogP) is 7.52. The number of aryl methyl sites for hydroxylation is 1. The fourth-order valence-corrected chi connectivity index (χ4v) is 7.68. The molecule has 0 aliphatic carbocycles. The Hall–Kier alpha value is -5.61. The zero-order chi connectivity index (χ0) is 36.0. The largest absolute Gasteiger partial charge is 0.395 e. The highest BCUT2D eigenvalue weighted by atomic mass is 35.5. The smallest absolute Gasteiger partial charge is 0.264 e. The van der Waals surface area contributed by atoms with Crippen LogP contribution in [0.15, 0.2) is 128 Å². The summed E-state index contributed by atoms with van der Waals surface area (Å²) in [6.07, 6.45) is 6.20. The molecule has 2 N–H and O–H groups in total. The zero-order valence-electron chi connectivity index (χ0n) is 28.4. The second kappa shape index (κ2) is 13.5. The van der Waals surface area contributed by atoms with Crippen molar-refractivity contribution in [3.8, 4) is 0 Å². The van der Waals surface area contributed by atoms with Crippen molar-refractivity contribution in [2.45, 2.75) is 38.0 Å². The molecule has 0 radical (unpaired) electrons. The van der Waals surface area contributed by atoms with E-state index in [9.17, 15) is 19.8 Å². The van der Waals surface area contributed by atoms with Gasteiger partial charge in [0.25, 0.3) is 11.8 Å². The highest BCUT2D eigenvalue weighted by Gasteiger charge is 2.52. The van der Waals surface area contributed by atoms with Gasteiger partial charge in [-0.25, -0.2) is 0 Å². The number of aromatic nitrogens is 3. The summed E-state index contributed by atoms with van der Waals surface area (Å²) in [5.41, 5.74) is 3.84. The Labute approximate surface area is 306 Å². The molecular formula is C42H36ClN5O4. The molecule has 9 nitrogen and oxygen atoms in total. The van der Waals surface area contributed by atoms with E-state index in [1.807, 2.05) is 116 Å². The predicted molar refractivity (Wildman–Crippen MR) is 202 cm³/mol. The molecule has 6 aromatic rings. The third-order valence-corrected chi connectivity index (χ3v) is 10.4. The summed E-state index contributed by atoms with van der Waals surface area (Å²) in [5, 5.41) is 33.1. The number of rotatable bonds is 11. The number of fused-ring (bicyclic) bond motifs is 1. The monoisotopic (exact) mass is 709 g/mol. The Kier molecular flexibility index (Phi) is 8.71. The van der Waals surface area contributed by atoms with Gasteiger partial charge in [0, 0.05) is 40.3 Å². The molecule has 0 saturated heterocycles. The van der Waals surface area contributed by atoms with Crippen LogP contribution in [0.3, 0.4) is 0 Å². The first-order chi connectivity index (χ1) is 25.3. The molecule has 52 heavy (non-hydrogen) atoms. The Morgan fingerprint density at radius 1 is 0.904 bits per heavy atom. The van der Waals surface area contributed by atoms with Gasteiger partial charge in [-0.1, -0.05) is 103 Å². The third-order valence-electron chi connectivity index (χ3n) is 10.2. The molecule has 5 aromatic carbocycles. The number of halogens is 1. The van der Waals surface area contributed by atoms with Gasteiger partial charge < -0.3 is 15.1 Å². The maximum Gasteiger partial charge on any atom is 0.264 e. The maximum atomic E-state index is 14.3. The van der Waals surface area contributed by atoms with E-state index in [0.717, 1.165) is 27.6 Å². The van der Waals surface area contributed by atoms with Gasteiger partial charge in [-0.3, -0.25) is 19.2 Å². The molecule has 1 aromatic heterocycles. The van der Waals surface area contributed by atoms with Crippen LogP contribution in [-0.4, -0.2) is 43.6 Å². The SMILES string of the molecule is C[C@@H](/C=C/CCn1cc(C(CO)c2ccccc2)nn1)[C@]1(O)C(=O)N(Cc2cccc(N3C(=O)c4cccc5cccc3c45)c2)c2ccc(Cl)cc21. The van der Waals surface area contributed by atoms with Crippen LogP contribution in [-0.2, 0) is 23.5 Å². The second-order valence-electron chi connectivity index (χ2n) is 13.4. The lowest BCUT2D eigenvalue weighted by Crippen LogP contribution is -2.44. The third kappa shape index (κ3) is 5.67. The normalized spacial score (nSPS) is 17.8. The lowest BCUT2D eigenvalue weighted by Gasteiger charge is -2.28. The van der Waals surface area contributed by atoms with Gasteiger partial charge in [0.2, 0.25) is 0 Å². The van der Waals surface area contributed by atoms with Crippen molar-refractivity contribution in [1.82, 2.24) is 15.0 Å². The molecule has 10 heteroatoms. The second-order valence-corrected chi connectivity index (χ2v) is 13.8. The van der Waals surface area contributed by atoms with E-state index in [4.69, 9.17) is 11.6 Å². The number of carbonyl (C=O) groups is 2. The molecule has 2 amide bonds. The molecular weight excluding hydrogens is 674 g/mol. The Morgan fingerprint density at radius 3 is 2.50 bits per heavy atom. The van der Waals surface area contributed by atoms with Gasteiger partial charge in [0.15, 0.2) is 5.60 Å². The topological polar surface area (TPSA) is 112 Å². The summed E-state index contributed by atoms with van der Waals surface area (Å²) >= 11 is 6.43. The number of amides is 2. The maximum absolute atomic E-state index is 14.3. The van der Waals surface area contributed by atoms with Gasteiger partial charge in [-0.05, 0) is 65.4 Å². The van der Waals surface area contributed by atoms with Crippen LogP contribution in [0.5, 0.6) is 0 Å². The van der Waals surface area contributed by atoms with E-state index >= 15 is 0 Å². The van der Waals surface area contributed by atoms with Crippen LogP contribution in [0.25, 0.3) is 10.8 Å². The fraction of sp³-hybridized carbons (Fsp3) is 0.190. The van der Waals surface area contributed by atoms with Crippen molar-refractivity contribution < 1.29 is 19.8 Å². The summed E-state index contributed by atoms with van der Waals surface area (Å²) in [5.74, 6) is -1.39. The lowest BCUT2D eigenvalue weighted by atomic mass is 9.83. The van der Waals surface area contributed by atoms with Crippen LogP contribution in [0, 0.1) is 5.92 Å². The summed E-state index contributed by atoms with van der Waals surface area (Å²) in [4.78, 5) is 31.2. The van der Waals surface area contributed by atoms with Crippen LogP contribution in [0.1, 0.15) is 52.0 Å². The Balaban J connectivity index is 0.998. The Morgan fingerprint density at radius 2 is 1.69 bits per heavy atom. The van der Waals surface area contributed by atoms with Crippen molar-refractivity contribution in [1.29, 1.82) is 0 Å². The average molecular weight is 710 g/mol. The number of aliphatic hydroxyl groups is 2. The van der Waals surface area contributed by atoms with E-state index < -0.39 is 17.4 Å². The van der Waals surface area contributed by atoms with E-state index in [-0.39, 0.29) is 25.0 Å². The number of carbonyl (C=O) groups excluding carboxylic acids is 2. The quantitative estimate of drug-likeness (QED) is 0.135. The molecule has 260 valence electrons. The van der Waals surface area contributed by atoms with E-state index in [1.54, 1.807) is 32.7 Å². The summed E-state index contributed by atoms with van der Waals surface area (Å²) in [6, 6.07) is 34.1. The van der Waals surface area contributed by atoms with Gasteiger partial charge in [0.05, 0.1) is 41.7 Å². The minimum absolute atomic E-state index is 0.0789. The van der Waals surface area contributed by atoms with E-state index in [0.29, 0.717) is 46.2 Å². The van der Waals surface area contributed by atoms with Crippen LogP contribution >= 0.6 is 11.6 Å². The minimum atomic E-state index is -1.85. The molecule has 3 heterocycles. The minimum Gasteiger partial charge on any atom is -0.395 e. The van der Waals surface area contributed by atoms with Crippen LogP contribution in [0.4, 0.5) is 17.1 Å². The first-order valence-corrected chi connectivity index (χ1v) is 17.7.